The summed E-state index contributed by atoms with van der Waals surface area (Å²) in [6, 6.07) is 14.0. The van der Waals surface area contributed by atoms with Crippen LogP contribution in [0.15, 0.2) is 42.5 Å². The zero-order valence-electron chi connectivity index (χ0n) is 13.1. The number of hydrogen-bond donors (Lipinski definition) is 1. The number of aliphatic hydroxyl groups is 1. The Bertz CT molecular complexity index is 570. The minimum atomic E-state index is -0.505. The molecule has 1 atom stereocenters. The third-order valence-electron chi connectivity index (χ3n) is 3.76. The van der Waals surface area contributed by atoms with Crippen LogP contribution in [0, 0.1) is 13.8 Å². The second-order valence-electron chi connectivity index (χ2n) is 5.51. The molecule has 2 nitrogen and oxygen atoms in total. The lowest BCUT2D eigenvalue weighted by atomic mass is 9.94. The van der Waals surface area contributed by atoms with E-state index in [0.29, 0.717) is 13.0 Å². The van der Waals surface area contributed by atoms with Crippen molar-refractivity contribution in [3.05, 3.63) is 64.7 Å². The molecule has 112 valence electrons. The fourth-order valence-corrected chi connectivity index (χ4v) is 2.51. The Labute approximate surface area is 127 Å². The molecular weight excluding hydrogens is 260 g/mol. The number of aryl methyl sites for hydroxylation is 2. The minimum Gasteiger partial charge on any atom is -0.494 e. The molecule has 0 aliphatic rings. The summed E-state index contributed by atoms with van der Waals surface area (Å²) in [4.78, 5) is 0. The van der Waals surface area contributed by atoms with Crippen LogP contribution in [0.2, 0.25) is 0 Å². The van der Waals surface area contributed by atoms with E-state index in [2.05, 4.69) is 39.0 Å². The highest BCUT2D eigenvalue weighted by atomic mass is 16.5. The van der Waals surface area contributed by atoms with Gasteiger partial charge in [-0.3, -0.25) is 0 Å². The number of benzene rings is 2. The van der Waals surface area contributed by atoms with Crippen molar-refractivity contribution in [1.29, 1.82) is 0 Å². The van der Waals surface area contributed by atoms with E-state index >= 15 is 0 Å². The van der Waals surface area contributed by atoms with Crippen LogP contribution >= 0.6 is 0 Å². The number of hydrogen-bond acceptors (Lipinski definition) is 2. The Morgan fingerprint density at radius 1 is 1.05 bits per heavy atom. The molecular formula is C19H24O2. The fourth-order valence-electron chi connectivity index (χ4n) is 2.51. The molecule has 2 rings (SSSR count). The molecule has 0 saturated carbocycles. The van der Waals surface area contributed by atoms with Gasteiger partial charge in [-0.05, 0) is 54.7 Å². The lowest BCUT2D eigenvalue weighted by Gasteiger charge is -2.16. The summed E-state index contributed by atoms with van der Waals surface area (Å²) < 4.78 is 5.63. The molecule has 0 saturated heterocycles. The van der Waals surface area contributed by atoms with E-state index in [1.807, 2.05) is 24.3 Å². The fraction of sp³-hybridized carbons (Fsp3) is 0.368. The summed E-state index contributed by atoms with van der Waals surface area (Å²) in [5.74, 6) is 0.829. The summed E-state index contributed by atoms with van der Waals surface area (Å²) >= 11 is 0. The van der Waals surface area contributed by atoms with Crippen molar-refractivity contribution >= 4 is 0 Å². The first kappa shape index (κ1) is 15.6. The van der Waals surface area contributed by atoms with Gasteiger partial charge in [0.05, 0.1) is 12.7 Å². The smallest absolute Gasteiger partial charge is 0.119 e. The van der Waals surface area contributed by atoms with E-state index < -0.39 is 6.10 Å². The normalized spacial score (nSPS) is 12.2. The van der Waals surface area contributed by atoms with Gasteiger partial charge >= 0.3 is 0 Å². The maximum Gasteiger partial charge on any atom is 0.119 e. The van der Waals surface area contributed by atoms with Gasteiger partial charge in [-0.2, -0.15) is 0 Å². The van der Waals surface area contributed by atoms with Gasteiger partial charge in [0, 0.05) is 6.42 Å². The van der Waals surface area contributed by atoms with Gasteiger partial charge in [0.25, 0.3) is 0 Å². The van der Waals surface area contributed by atoms with Crippen LogP contribution in [0.5, 0.6) is 5.75 Å². The van der Waals surface area contributed by atoms with Crippen molar-refractivity contribution in [3.63, 3.8) is 0 Å². The Hall–Kier alpha value is -1.80. The second kappa shape index (κ2) is 7.28. The molecule has 1 unspecified atom stereocenters. The molecule has 0 aliphatic heterocycles. The summed E-state index contributed by atoms with van der Waals surface area (Å²) in [5, 5.41) is 10.5. The first-order valence-electron chi connectivity index (χ1n) is 7.57. The highest BCUT2D eigenvalue weighted by molar-refractivity contribution is 5.36. The molecule has 0 amide bonds. The van der Waals surface area contributed by atoms with Crippen molar-refractivity contribution in [3.8, 4) is 5.75 Å². The molecule has 2 heteroatoms. The lowest BCUT2D eigenvalue weighted by Crippen LogP contribution is -2.05. The zero-order valence-corrected chi connectivity index (χ0v) is 13.1. The summed E-state index contributed by atoms with van der Waals surface area (Å²) in [5.41, 5.74) is 4.59. The van der Waals surface area contributed by atoms with Crippen molar-refractivity contribution in [1.82, 2.24) is 0 Å². The van der Waals surface area contributed by atoms with Crippen LogP contribution in [0.25, 0.3) is 0 Å². The van der Waals surface area contributed by atoms with Gasteiger partial charge in [-0.15, -0.1) is 0 Å². The van der Waals surface area contributed by atoms with Gasteiger partial charge < -0.3 is 9.84 Å². The number of ether oxygens (including phenoxy) is 1. The van der Waals surface area contributed by atoms with E-state index in [4.69, 9.17) is 4.74 Å². The largest absolute Gasteiger partial charge is 0.494 e. The molecule has 1 N–H and O–H groups in total. The summed E-state index contributed by atoms with van der Waals surface area (Å²) in [6.07, 6.45) is 1.11. The molecule has 2 aromatic carbocycles. The van der Waals surface area contributed by atoms with Crippen molar-refractivity contribution in [2.75, 3.05) is 6.61 Å². The average Bonchev–Trinajstić information content (AvgIpc) is 2.49. The van der Waals surface area contributed by atoms with Gasteiger partial charge in [-0.1, -0.05) is 37.3 Å². The van der Waals surface area contributed by atoms with Crippen LogP contribution in [0.3, 0.4) is 0 Å². The molecule has 0 bridgehead atoms. The number of aliphatic hydroxyl groups excluding tert-OH is 1. The third kappa shape index (κ3) is 4.08. The first-order valence-corrected chi connectivity index (χ1v) is 7.57. The molecule has 0 radical (unpaired) electrons. The number of rotatable bonds is 6. The maximum atomic E-state index is 10.5. The van der Waals surface area contributed by atoms with E-state index in [9.17, 15) is 5.11 Å². The van der Waals surface area contributed by atoms with Crippen molar-refractivity contribution in [2.45, 2.75) is 39.7 Å². The molecule has 0 aromatic heterocycles. The average molecular weight is 284 g/mol. The Balaban J connectivity index is 2.14. The van der Waals surface area contributed by atoms with Gasteiger partial charge in [-0.25, -0.2) is 0 Å². The van der Waals surface area contributed by atoms with Crippen LogP contribution < -0.4 is 4.74 Å². The highest BCUT2D eigenvalue weighted by Crippen LogP contribution is 2.25. The van der Waals surface area contributed by atoms with Crippen molar-refractivity contribution in [2.24, 2.45) is 0 Å². The maximum absolute atomic E-state index is 10.5. The van der Waals surface area contributed by atoms with Gasteiger partial charge in [0.15, 0.2) is 0 Å². The summed E-state index contributed by atoms with van der Waals surface area (Å²) in [7, 11) is 0. The molecule has 0 aliphatic carbocycles. The molecule has 2 aromatic rings. The van der Waals surface area contributed by atoms with E-state index in [-0.39, 0.29) is 0 Å². The Morgan fingerprint density at radius 2 is 1.71 bits per heavy atom. The van der Waals surface area contributed by atoms with E-state index in [0.717, 1.165) is 17.7 Å². The first-order chi connectivity index (χ1) is 10.1. The van der Waals surface area contributed by atoms with Gasteiger partial charge in [0.1, 0.15) is 5.75 Å². The Kier molecular flexibility index (Phi) is 5.40. The molecule has 0 fully saturated rings. The monoisotopic (exact) mass is 284 g/mol. The Morgan fingerprint density at radius 3 is 2.38 bits per heavy atom. The summed E-state index contributed by atoms with van der Waals surface area (Å²) in [6.45, 7) is 6.97. The van der Waals surface area contributed by atoms with E-state index in [1.165, 1.54) is 16.7 Å². The molecule has 0 spiro atoms. The molecule has 21 heavy (non-hydrogen) atoms. The molecule has 0 heterocycles. The van der Waals surface area contributed by atoms with Crippen molar-refractivity contribution < 1.29 is 9.84 Å². The zero-order chi connectivity index (χ0) is 15.2. The topological polar surface area (TPSA) is 29.5 Å². The predicted octanol–water partition coefficient (Wildman–Crippen LogP) is 4.37. The van der Waals surface area contributed by atoms with Crippen LogP contribution in [-0.4, -0.2) is 11.7 Å². The highest BCUT2D eigenvalue weighted by Gasteiger charge is 2.12. The third-order valence-corrected chi connectivity index (χ3v) is 3.76. The SMILES string of the molecule is CCCOc1cccc(C(O)Cc2c(C)cccc2C)c1. The van der Waals surface area contributed by atoms with Crippen LogP contribution in [-0.2, 0) is 6.42 Å². The quantitative estimate of drug-likeness (QED) is 0.853. The lowest BCUT2D eigenvalue weighted by molar-refractivity contribution is 0.177. The standard InChI is InChI=1S/C19H24O2/c1-4-11-21-17-10-6-9-16(12-17)19(20)13-18-14(2)7-5-8-15(18)3/h5-10,12,19-20H,4,11,13H2,1-3H3. The minimum absolute atomic E-state index is 0.505. The van der Waals surface area contributed by atoms with Crippen LogP contribution in [0.4, 0.5) is 0 Å². The van der Waals surface area contributed by atoms with Gasteiger partial charge in [0.2, 0.25) is 0 Å². The predicted molar refractivity (Wildman–Crippen MR) is 86.8 cm³/mol. The van der Waals surface area contributed by atoms with E-state index in [1.54, 1.807) is 0 Å². The van der Waals surface area contributed by atoms with Crippen LogP contribution in [0.1, 0.15) is 41.7 Å². The second-order valence-corrected chi connectivity index (χ2v) is 5.51.